The number of nitrogens with zero attached hydrogens (tertiary/aromatic N) is 2. The number of carbonyl (C=O) groups is 1. The van der Waals surface area contributed by atoms with E-state index in [9.17, 15) is 4.79 Å². The van der Waals surface area contributed by atoms with Gasteiger partial charge in [-0.15, -0.1) is 0 Å². The summed E-state index contributed by atoms with van der Waals surface area (Å²) < 4.78 is 12.5. The zero-order valence-corrected chi connectivity index (χ0v) is 11.1. The van der Waals surface area contributed by atoms with Crippen LogP contribution in [0.3, 0.4) is 0 Å². The molecule has 2 heterocycles. The van der Waals surface area contributed by atoms with Gasteiger partial charge in [-0.25, -0.2) is 4.98 Å². The second-order valence-electron chi connectivity index (χ2n) is 4.59. The van der Waals surface area contributed by atoms with Gasteiger partial charge in [0.25, 0.3) is 0 Å². The van der Waals surface area contributed by atoms with Gasteiger partial charge in [-0.1, -0.05) is 0 Å². The molecule has 0 saturated carbocycles. The minimum absolute atomic E-state index is 0.236. The monoisotopic (exact) mass is 258 g/mol. The minimum Gasteiger partial charge on any atom is -0.454 e. The molecule has 98 valence electrons. The third-order valence-corrected chi connectivity index (χ3v) is 3.45. The fourth-order valence-corrected chi connectivity index (χ4v) is 2.26. The molecule has 1 aromatic carbocycles. The maximum atomic E-state index is 11.3. The van der Waals surface area contributed by atoms with Gasteiger partial charge in [-0.3, -0.25) is 4.79 Å². The number of ether oxygens (including phenoxy) is 2. The van der Waals surface area contributed by atoms with Crippen LogP contribution in [-0.4, -0.2) is 22.6 Å². The Bertz CT molecular complexity index is 674. The first-order chi connectivity index (χ1) is 9.11. The van der Waals surface area contributed by atoms with E-state index < -0.39 is 0 Å². The number of hydrogen-bond donors (Lipinski definition) is 0. The smallest absolute Gasteiger partial charge is 0.231 e. The number of carbonyl (C=O) groups excluding carboxylic acids is 1. The van der Waals surface area contributed by atoms with E-state index in [1.54, 1.807) is 4.57 Å². The van der Waals surface area contributed by atoms with Gasteiger partial charge in [0, 0.05) is 12.6 Å². The molecular formula is C14H14N2O3. The number of imidazole rings is 1. The lowest BCUT2D eigenvalue weighted by molar-refractivity contribution is 0.111. The molecule has 0 unspecified atom stereocenters. The van der Waals surface area contributed by atoms with Crippen molar-refractivity contribution in [2.45, 2.75) is 13.8 Å². The lowest BCUT2D eigenvalue weighted by Crippen LogP contribution is -1.97. The van der Waals surface area contributed by atoms with Crippen molar-refractivity contribution in [2.75, 3.05) is 6.79 Å². The van der Waals surface area contributed by atoms with Crippen LogP contribution in [0.2, 0.25) is 0 Å². The van der Waals surface area contributed by atoms with E-state index in [1.165, 1.54) is 0 Å². The summed E-state index contributed by atoms with van der Waals surface area (Å²) >= 11 is 0. The average Bonchev–Trinajstić information content (AvgIpc) is 2.94. The molecule has 0 fully saturated rings. The largest absolute Gasteiger partial charge is 0.454 e. The average molecular weight is 258 g/mol. The topological polar surface area (TPSA) is 53.4 Å². The van der Waals surface area contributed by atoms with Gasteiger partial charge >= 0.3 is 0 Å². The standard InChI is InChI=1S/C14H14N2O3/c1-8-4-12-13(19-7-18-12)5-10(8)14-11(6-17)16(3)9(2)15-14/h4-6H,7H2,1-3H3. The zero-order valence-electron chi connectivity index (χ0n) is 11.1. The molecule has 0 atom stereocenters. The second kappa shape index (κ2) is 4.12. The van der Waals surface area contributed by atoms with E-state index >= 15 is 0 Å². The highest BCUT2D eigenvalue weighted by Gasteiger charge is 2.20. The fraction of sp³-hybridized carbons (Fsp3) is 0.286. The van der Waals surface area contributed by atoms with Crippen LogP contribution in [-0.2, 0) is 7.05 Å². The number of aromatic nitrogens is 2. The summed E-state index contributed by atoms with van der Waals surface area (Å²) in [4.78, 5) is 15.7. The van der Waals surface area contributed by atoms with E-state index in [2.05, 4.69) is 4.98 Å². The highest BCUT2D eigenvalue weighted by atomic mass is 16.7. The quantitative estimate of drug-likeness (QED) is 0.775. The van der Waals surface area contributed by atoms with Crippen LogP contribution in [0.15, 0.2) is 12.1 Å². The third kappa shape index (κ3) is 1.69. The van der Waals surface area contributed by atoms with Crippen molar-refractivity contribution in [2.24, 2.45) is 7.05 Å². The summed E-state index contributed by atoms with van der Waals surface area (Å²) in [7, 11) is 1.83. The Kier molecular flexibility index (Phi) is 2.55. The zero-order chi connectivity index (χ0) is 13.6. The highest BCUT2D eigenvalue weighted by Crippen LogP contribution is 2.38. The summed E-state index contributed by atoms with van der Waals surface area (Å²) in [6, 6.07) is 3.79. The van der Waals surface area contributed by atoms with E-state index in [1.807, 2.05) is 33.0 Å². The Labute approximate surface area is 110 Å². The summed E-state index contributed by atoms with van der Waals surface area (Å²) in [5.41, 5.74) is 3.16. The van der Waals surface area contributed by atoms with Crippen molar-refractivity contribution in [3.63, 3.8) is 0 Å². The number of benzene rings is 1. The molecule has 0 spiro atoms. The summed E-state index contributed by atoms with van der Waals surface area (Å²) in [6.07, 6.45) is 0.833. The molecule has 1 aromatic heterocycles. The van der Waals surface area contributed by atoms with Gasteiger partial charge < -0.3 is 14.0 Å². The molecule has 0 aliphatic carbocycles. The maximum absolute atomic E-state index is 11.3. The van der Waals surface area contributed by atoms with E-state index in [0.717, 1.165) is 29.0 Å². The molecule has 5 nitrogen and oxygen atoms in total. The molecule has 5 heteroatoms. The number of rotatable bonds is 2. The van der Waals surface area contributed by atoms with Gasteiger partial charge in [-0.2, -0.15) is 0 Å². The predicted octanol–water partition coefficient (Wildman–Crippen LogP) is 2.25. The lowest BCUT2D eigenvalue weighted by Gasteiger charge is -2.06. The van der Waals surface area contributed by atoms with Gasteiger partial charge in [0.1, 0.15) is 11.5 Å². The Hall–Kier alpha value is -2.30. The molecule has 19 heavy (non-hydrogen) atoms. The van der Waals surface area contributed by atoms with Crippen LogP contribution in [0.1, 0.15) is 21.9 Å². The van der Waals surface area contributed by atoms with E-state index in [0.29, 0.717) is 17.1 Å². The first-order valence-electron chi connectivity index (χ1n) is 6.01. The number of hydrogen-bond acceptors (Lipinski definition) is 4. The maximum Gasteiger partial charge on any atom is 0.231 e. The van der Waals surface area contributed by atoms with Gasteiger partial charge in [0.2, 0.25) is 6.79 Å². The van der Waals surface area contributed by atoms with Crippen molar-refractivity contribution in [1.82, 2.24) is 9.55 Å². The summed E-state index contributed by atoms with van der Waals surface area (Å²) in [6.45, 7) is 4.08. The molecular weight excluding hydrogens is 244 g/mol. The van der Waals surface area contributed by atoms with Crippen LogP contribution < -0.4 is 9.47 Å². The molecule has 1 aliphatic heterocycles. The number of fused-ring (bicyclic) bond motifs is 1. The van der Waals surface area contributed by atoms with Crippen molar-refractivity contribution >= 4 is 6.29 Å². The van der Waals surface area contributed by atoms with Crippen LogP contribution in [0, 0.1) is 13.8 Å². The Morgan fingerprint density at radius 3 is 2.63 bits per heavy atom. The first kappa shape index (κ1) is 11.8. The predicted molar refractivity (Wildman–Crippen MR) is 69.6 cm³/mol. The van der Waals surface area contributed by atoms with Crippen LogP contribution in [0.4, 0.5) is 0 Å². The summed E-state index contributed by atoms with van der Waals surface area (Å²) in [5.74, 6) is 2.23. The molecule has 1 aliphatic rings. The van der Waals surface area contributed by atoms with Gasteiger partial charge in [-0.05, 0) is 31.5 Å². The fourth-order valence-electron chi connectivity index (χ4n) is 2.26. The lowest BCUT2D eigenvalue weighted by atomic mass is 10.0. The SMILES string of the molecule is Cc1cc2c(cc1-c1nc(C)n(C)c1C=O)OCO2. The number of aldehydes is 1. The van der Waals surface area contributed by atoms with Crippen LogP contribution >= 0.6 is 0 Å². The molecule has 2 aromatic rings. The Morgan fingerprint density at radius 2 is 1.95 bits per heavy atom. The molecule has 0 bridgehead atoms. The molecule has 0 N–H and O–H groups in total. The number of aryl methyl sites for hydroxylation is 2. The first-order valence-corrected chi connectivity index (χ1v) is 6.01. The Balaban J connectivity index is 2.22. The van der Waals surface area contributed by atoms with E-state index in [-0.39, 0.29) is 6.79 Å². The minimum atomic E-state index is 0.236. The van der Waals surface area contributed by atoms with Crippen molar-refractivity contribution < 1.29 is 14.3 Å². The molecule has 0 amide bonds. The summed E-state index contributed by atoms with van der Waals surface area (Å²) in [5, 5.41) is 0. The Morgan fingerprint density at radius 1 is 1.26 bits per heavy atom. The van der Waals surface area contributed by atoms with Crippen molar-refractivity contribution in [1.29, 1.82) is 0 Å². The molecule has 0 saturated heterocycles. The third-order valence-electron chi connectivity index (χ3n) is 3.45. The van der Waals surface area contributed by atoms with E-state index in [4.69, 9.17) is 9.47 Å². The van der Waals surface area contributed by atoms with Crippen molar-refractivity contribution in [3.8, 4) is 22.8 Å². The molecule has 3 rings (SSSR count). The van der Waals surface area contributed by atoms with Crippen molar-refractivity contribution in [3.05, 3.63) is 29.2 Å². The normalized spacial score (nSPS) is 12.8. The molecule has 0 radical (unpaired) electrons. The van der Waals surface area contributed by atoms with Gasteiger partial charge in [0.15, 0.2) is 17.8 Å². The second-order valence-corrected chi connectivity index (χ2v) is 4.59. The highest BCUT2D eigenvalue weighted by molar-refractivity contribution is 5.85. The van der Waals surface area contributed by atoms with Crippen LogP contribution in [0.5, 0.6) is 11.5 Å². The van der Waals surface area contributed by atoms with Gasteiger partial charge in [0.05, 0.1) is 5.69 Å². The van der Waals surface area contributed by atoms with Crippen LogP contribution in [0.25, 0.3) is 11.3 Å².